The first-order valence-corrected chi connectivity index (χ1v) is 8.34. The Hall–Kier alpha value is -2.25. The molecule has 6 nitrogen and oxygen atoms in total. The highest BCUT2D eigenvalue weighted by molar-refractivity contribution is 7.78. The first-order chi connectivity index (χ1) is 11.0. The molecule has 3 rings (SSSR count). The van der Waals surface area contributed by atoms with Gasteiger partial charge in [0.1, 0.15) is 5.56 Å². The molecule has 1 aromatic carbocycles. The Morgan fingerprint density at radius 3 is 2.83 bits per heavy atom. The molecule has 0 fully saturated rings. The van der Waals surface area contributed by atoms with Crippen molar-refractivity contribution in [1.29, 1.82) is 0 Å². The smallest absolute Gasteiger partial charge is 0.341 e. The topological polar surface area (TPSA) is 99.4 Å². The lowest BCUT2D eigenvalue weighted by atomic mass is 10.0. The van der Waals surface area contributed by atoms with Crippen LogP contribution in [0.3, 0.4) is 0 Å². The maximum Gasteiger partial charge on any atom is 0.341 e. The number of carboxylic acids is 1. The molecule has 0 saturated heterocycles. The Kier molecular flexibility index (Phi) is 4.14. The molecule has 1 heterocycles. The standard InChI is InChI=1S/C16H15NO5S/c18-15-13(16(19)20)5-2-8-17(15)14-7-6-11-10(9-23(21)22)3-1-4-12(11)14/h1-5,8,14H,6-7,9H2,(H,19,20)(H,21,22)/p-1. The van der Waals surface area contributed by atoms with Gasteiger partial charge in [-0.1, -0.05) is 29.3 Å². The van der Waals surface area contributed by atoms with Crippen molar-refractivity contribution >= 4 is 17.0 Å². The third-order valence-electron chi connectivity index (χ3n) is 4.15. The number of nitrogens with zero attached hydrogens (tertiary/aromatic N) is 1. The molecule has 0 saturated carbocycles. The average molecular weight is 332 g/mol. The van der Waals surface area contributed by atoms with Gasteiger partial charge >= 0.3 is 5.97 Å². The summed E-state index contributed by atoms with van der Waals surface area (Å²) >= 11 is -2.18. The number of pyridine rings is 1. The van der Waals surface area contributed by atoms with Crippen molar-refractivity contribution in [3.8, 4) is 0 Å². The number of fused-ring (bicyclic) bond motifs is 1. The van der Waals surface area contributed by atoms with Crippen molar-refractivity contribution in [3.63, 3.8) is 0 Å². The van der Waals surface area contributed by atoms with E-state index in [1.165, 1.54) is 10.6 Å². The van der Waals surface area contributed by atoms with Crippen LogP contribution in [0.15, 0.2) is 41.3 Å². The molecule has 1 N–H and O–H groups in total. The van der Waals surface area contributed by atoms with E-state index in [4.69, 9.17) is 5.11 Å². The molecule has 0 spiro atoms. The zero-order chi connectivity index (χ0) is 16.6. The van der Waals surface area contributed by atoms with Crippen LogP contribution in [0.2, 0.25) is 0 Å². The Balaban J connectivity index is 2.08. The van der Waals surface area contributed by atoms with Gasteiger partial charge in [0.2, 0.25) is 0 Å². The minimum Gasteiger partial charge on any atom is -0.772 e. The number of carbonyl (C=O) groups is 1. The maximum absolute atomic E-state index is 12.4. The summed E-state index contributed by atoms with van der Waals surface area (Å²) in [4.78, 5) is 23.5. The molecule has 0 aliphatic heterocycles. The van der Waals surface area contributed by atoms with Crippen molar-refractivity contribution in [1.82, 2.24) is 4.57 Å². The third kappa shape index (κ3) is 2.85. The summed E-state index contributed by atoms with van der Waals surface area (Å²) in [6, 6.07) is 7.97. The molecule has 120 valence electrons. The normalized spacial score (nSPS) is 17.7. The minimum absolute atomic E-state index is 0.0556. The average Bonchev–Trinajstić information content (AvgIpc) is 2.91. The van der Waals surface area contributed by atoms with E-state index in [2.05, 4.69) is 0 Å². The summed E-state index contributed by atoms with van der Waals surface area (Å²) < 4.78 is 23.4. The fraction of sp³-hybridized carbons (Fsp3) is 0.250. The van der Waals surface area contributed by atoms with E-state index < -0.39 is 22.6 Å². The van der Waals surface area contributed by atoms with Crippen LogP contribution in [-0.2, 0) is 23.3 Å². The number of rotatable bonds is 4. The van der Waals surface area contributed by atoms with E-state index >= 15 is 0 Å². The van der Waals surface area contributed by atoms with Crippen molar-refractivity contribution in [2.75, 3.05) is 0 Å². The number of benzene rings is 1. The van der Waals surface area contributed by atoms with Crippen LogP contribution in [0.25, 0.3) is 0 Å². The van der Waals surface area contributed by atoms with Crippen LogP contribution in [0, 0.1) is 0 Å². The lowest BCUT2D eigenvalue weighted by Gasteiger charge is -2.17. The molecular formula is C16H14NO5S-. The highest BCUT2D eigenvalue weighted by atomic mass is 32.2. The SMILES string of the molecule is O=C(O)c1cccn(C2CCc3c(CS(=O)[O-])cccc32)c1=O. The second-order valence-corrected chi connectivity index (χ2v) is 6.32. The van der Waals surface area contributed by atoms with Crippen LogP contribution >= 0.6 is 0 Å². The predicted molar refractivity (Wildman–Crippen MR) is 83.2 cm³/mol. The van der Waals surface area contributed by atoms with Crippen LogP contribution in [0.1, 0.15) is 39.5 Å². The maximum atomic E-state index is 12.4. The molecule has 0 radical (unpaired) electrons. The van der Waals surface area contributed by atoms with Gasteiger partial charge in [-0.2, -0.15) is 0 Å². The minimum atomic E-state index is -2.18. The number of hydrogen-bond donors (Lipinski definition) is 1. The summed E-state index contributed by atoms with van der Waals surface area (Å²) in [5.74, 6) is -1.31. The highest BCUT2D eigenvalue weighted by Gasteiger charge is 2.27. The Bertz CT molecular complexity index is 858. The molecule has 2 aromatic rings. The van der Waals surface area contributed by atoms with E-state index in [0.29, 0.717) is 12.8 Å². The Morgan fingerprint density at radius 2 is 2.13 bits per heavy atom. The van der Waals surface area contributed by atoms with Crippen LogP contribution in [-0.4, -0.2) is 24.4 Å². The second kappa shape index (κ2) is 6.10. The van der Waals surface area contributed by atoms with Crippen molar-refractivity contribution in [3.05, 3.63) is 69.1 Å². The van der Waals surface area contributed by atoms with Gasteiger partial charge in [-0.15, -0.1) is 0 Å². The zero-order valence-corrected chi connectivity index (χ0v) is 12.9. The molecule has 1 aliphatic rings. The number of carboxylic acid groups (broad SMARTS) is 1. The van der Waals surface area contributed by atoms with Gasteiger partial charge in [-0.3, -0.25) is 9.00 Å². The summed E-state index contributed by atoms with van der Waals surface area (Å²) in [5, 5.41) is 9.09. The van der Waals surface area contributed by atoms with Gasteiger partial charge in [-0.25, -0.2) is 4.79 Å². The molecule has 2 unspecified atom stereocenters. The fourth-order valence-electron chi connectivity index (χ4n) is 3.18. The van der Waals surface area contributed by atoms with Gasteiger partial charge in [0.25, 0.3) is 5.56 Å². The number of hydrogen-bond acceptors (Lipinski definition) is 4. The quantitative estimate of drug-likeness (QED) is 0.855. The van der Waals surface area contributed by atoms with E-state index in [9.17, 15) is 18.4 Å². The summed E-state index contributed by atoms with van der Waals surface area (Å²) in [6.07, 6.45) is 2.88. The lowest BCUT2D eigenvalue weighted by Crippen LogP contribution is -2.28. The first kappa shape index (κ1) is 15.6. The lowest BCUT2D eigenvalue weighted by molar-refractivity contribution is 0.0694. The largest absolute Gasteiger partial charge is 0.772 e. The van der Waals surface area contributed by atoms with Crippen molar-refractivity contribution in [2.24, 2.45) is 0 Å². The Morgan fingerprint density at radius 1 is 1.35 bits per heavy atom. The van der Waals surface area contributed by atoms with E-state index in [1.54, 1.807) is 24.4 Å². The van der Waals surface area contributed by atoms with Crippen LogP contribution in [0.4, 0.5) is 0 Å². The van der Waals surface area contributed by atoms with Crippen molar-refractivity contribution < 1.29 is 18.7 Å². The molecule has 2 atom stereocenters. The van der Waals surface area contributed by atoms with Gasteiger partial charge < -0.3 is 14.2 Å². The van der Waals surface area contributed by atoms with Crippen molar-refractivity contribution in [2.45, 2.75) is 24.6 Å². The monoisotopic (exact) mass is 332 g/mol. The van der Waals surface area contributed by atoms with E-state index in [0.717, 1.165) is 16.7 Å². The summed E-state index contributed by atoms with van der Waals surface area (Å²) in [6.45, 7) is 0. The summed E-state index contributed by atoms with van der Waals surface area (Å²) in [5.41, 5.74) is 1.75. The fourth-order valence-corrected chi connectivity index (χ4v) is 3.70. The zero-order valence-electron chi connectivity index (χ0n) is 12.1. The molecule has 1 aliphatic carbocycles. The Labute approximate surface area is 134 Å². The molecule has 23 heavy (non-hydrogen) atoms. The second-order valence-electron chi connectivity index (χ2n) is 5.43. The molecular weight excluding hydrogens is 318 g/mol. The molecule has 7 heteroatoms. The highest BCUT2D eigenvalue weighted by Crippen LogP contribution is 2.35. The van der Waals surface area contributed by atoms with Gasteiger partial charge in [0.15, 0.2) is 0 Å². The first-order valence-electron chi connectivity index (χ1n) is 7.10. The van der Waals surface area contributed by atoms with Gasteiger partial charge in [-0.05, 0) is 41.7 Å². The van der Waals surface area contributed by atoms with Gasteiger partial charge in [0, 0.05) is 11.9 Å². The van der Waals surface area contributed by atoms with Gasteiger partial charge in [0.05, 0.1) is 6.04 Å². The van der Waals surface area contributed by atoms with E-state index in [1.807, 2.05) is 6.07 Å². The third-order valence-corrected chi connectivity index (χ3v) is 4.70. The van der Waals surface area contributed by atoms with Crippen LogP contribution in [0.5, 0.6) is 0 Å². The number of aromatic nitrogens is 1. The summed E-state index contributed by atoms with van der Waals surface area (Å²) in [7, 11) is 0. The van der Waals surface area contributed by atoms with Crippen LogP contribution < -0.4 is 5.56 Å². The predicted octanol–water partition coefficient (Wildman–Crippen LogP) is 1.46. The molecule has 0 amide bonds. The molecule has 0 bridgehead atoms. The van der Waals surface area contributed by atoms with E-state index in [-0.39, 0.29) is 17.4 Å². The molecule has 1 aromatic heterocycles. The number of aromatic carboxylic acids is 1.